The number of aromatic nitrogens is 1. The summed E-state index contributed by atoms with van der Waals surface area (Å²) in [4.78, 5) is 42.2. The molecule has 1 N–H and O–H groups in total. The molecular weight excluding hydrogens is 480 g/mol. The van der Waals surface area contributed by atoms with Crippen LogP contribution in [0.2, 0.25) is 0 Å². The first-order chi connectivity index (χ1) is 18.3. The standard InChI is InChI=1S/C30H26N4O4/c1-19-16-23(32(2)3)15-14-21(19)17-24-25(30(37)38)26-27(34(28(24)35)22-12-8-5-9-13-22)31-33(29(26)36)18-20-10-6-4-7-11-20/h4-17H,18H2,1-3H3,(H,37,38)/b24-17-. The lowest BCUT2D eigenvalue weighted by Gasteiger charge is -2.14. The number of pyridine rings is 1. The SMILES string of the molecule is Cc1cc(N(C)C)ccc1/C=c1/c(C(=O)O)c2c(n(-c3ccccc3)c1=O)=NN(Cc1ccccc1)C2=O. The van der Waals surface area contributed by atoms with Crippen molar-refractivity contribution >= 4 is 23.6 Å². The number of carboxylic acids is 1. The molecule has 0 unspecified atom stereocenters. The van der Waals surface area contributed by atoms with Gasteiger partial charge in [-0.1, -0.05) is 54.6 Å². The molecule has 8 heteroatoms. The van der Waals surface area contributed by atoms with Gasteiger partial charge in [0.2, 0.25) is 0 Å². The van der Waals surface area contributed by atoms with Gasteiger partial charge in [-0.2, -0.15) is 0 Å². The lowest BCUT2D eigenvalue weighted by molar-refractivity contribution is 0.0678. The van der Waals surface area contributed by atoms with E-state index in [4.69, 9.17) is 0 Å². The highest BCUT2D eigenvalue weighted by atomic mass is 16.4. The number of rotatable bonds is 6. The highest BCUT2D eigenvalue weighted by molar-refractivity contribution is 6.05. The van der Waals surface area contributed by atoms with Crippen molar-refractivity contribution < 1.29 is 14.7 Å². The summed E-state index contributed by atoms with van der Waals surface area (Å²) >= 11 is 0. The molecule has 0 spiro atoms. The second-order valence-electron chi connectivity index (χ2n) is 9.30. The average molecular weight is 507 g/mol. The maximum absolute atomic E-state index is 14.0. The van der Waals surface area contributed by atoms with Gasteiger partial charge in [0, 0.05) is 19.8 Å². The van der Waals surface area contributed by atoms with Gasteiger partial charge >= 0.3 is 5.97 Å². The van der Waals surface area contributed by atoms with Gasteiger partial charge in [-0.05, 0) is 54.0 Å². The molecule has 1 aliphatic heterocycles. The van der Waals surface area contributed by atoms with Crippen molar-refractivity contribution in [3.63, 3.8) is 0 Å². The lowest BCUT2D eigenvalue weighted by atomic mass is 10.0. The predicted octanol–water partition coefficient (Wildman–Crippen LogP) is 2.93. The van der Waals surface area contributed by atoms with Crippen LogP contribution in [-0.2, 0) is 6.54 Å². The van der Waals surface area contributed by atoms with Crippen molar-refractivity contribution in [3.8, 4) is 5.69 Å². The number of carboxylic acid groups (broad SMARTS) is 1. The van der Waals surface area contributed by atoms with Gasteiger partial charge < -0.3 is 10.0 Å². The Bertz CT molecular complexity index is 1740. The summed E-state index contributed by atoms with van der Waals surface area (Å²) in [5.41, 5.74) is 2.81. The van der Waals surface area contributed by atoms with Crippen LogP contribution in [-0.4, -0.2) is 40.7 Å². The summed E-state index contributed by atoms with van der Waals surface area (Å²) in [5.74, 6) is -1.93. The van der Waals surface area contributed by atoms with E-state index in [0.717, 1.165) is 16.8 Å². The van der Waals surface area contributed by atoms with E-state index in [1.54, 1.807) is 30.3 Å². The molecule has 0 aliphatic carbocycles. The second kappa shape index (κ2) is 9.82. The summed E-state index contributed by atoms with van der Waals surface area (Å²) in [6.07, 6.45) is 1.55. The van der Waals surface area contributed by atoms with Crippen LogP contribution in [0, 0.1) is 6.92 Å². The van der Waals surface area contributed by atoms with E-state index in [1.165, 1.54) is 9.58 Å². The number of carbonyl (C=O) groups excluding carboxylic acids is 1. The Balaban J connectivity index is 1.82. The minimum absolute atomic E-state index is 0.0105. The van der Waals surface area contributed by atoms with Gasteiger partial charge in [-0.3, -0.25) is 14.2 Å². The zero-order valence-electron chi connectivity index (χ0n) is 21.3. The Hall–Kier alpha value is -4.98. The first-order valence-electron chi connectivity index (χ1n) is 12.1. The lowest BCUT2D eigenvalue weighted by Crippen LogP contribution is -2.47. The molecule has 38 heavy (non-hydrogen) atoms. The minimum Gasteiger partial charge on any atom is -0.478 e. The molecule has 0 saturated heterocycles. The summed E-state index contributed by atoms with van der Waals surface area (Å²) in [7, 11) is 3.85. The summed E-state index contributed by atoms with van der Waals surface area (Å²) in [6.45, 7) is 2.03. The molecule has 1 amide bonds. The largest absolute Gasteiger partial charge is 0.478 e. The first-order valence-corrected chi connectivity index (χ1v) is 12.1. The molecule has 190 valence electrons. The molecule has 0 atom stereocenters. The fraction of sp³-hybridized carbons (Fsp3) is 0.133. The van der Waals surface area contributed by atoms with Gasteiger partial charge in [0.05, 0.1) is 23.0 Å². The smallest absolute Gasteiger partial charge is 0.337 e. The molecule has 3 aromatic carbocycles. The molecule has 0 radical (unpaired) electrons. The Labute approximate surface area is 219 Å². The zero-order chi connectivity index (χ0) is 27.0. The quantitative estimate of drug-likeness (QED) is 0.434. The molecule has 1 aromatic heterocycles. The zero-order valence-corrected chi connectivity index (χ0v) is 21.3. The van der Waals surface area contributed by atoms with Crippen molar-refractivity contribution in [3.05, 3.63) is 128 Å². The minimum atomic E-state index is -1.36. The molecule has 4 aromatic rings. The normalized spacial score (nSPS) is 12.9. The molecule has 2 heterocycles. The monoisotopic (exact) mass is 506 g/mol. The van der Waals surface area contributed by atoms with E-state index in [1.807, 2.05) is 80.5 Å². The van der Waals surface area contributed by atoms with E-state index >= 15 is 0 Å². The second-order valence-corrected chi connectivity index (χ2v) is 9.30. The number of anilines is 1. The Morgan fingerprint density at radius 2 is 1.63 bits per heavy atom. The number of hydrogen-bond donors (Lipinski definition) is 1. The molecule has 0 saturated carbocycles. The van der Waals surface area contributed by atoms with E-state index in [0.29, 0.717) is 11.3 Å². The number of nitrogens with zero attached hydrogens (tertiary/aromatic N) is 4. The van der Waals surface area contributed by atoms with Gasteiger partial charge in [-0.15, -0.1) is 5.10 Å². The predicted molar refractivity (Wildman–Crippen MR) is 145 cm³/mol. The number of hydrogen-bond acceptors (Lipinski definition) is 5. The van der Waals surface area contributed by atoms with Crippen LogP contribution in [0.15, 0.2) is 88.8 Å². The molecule has 0 fully saturated rings. The number of carbonyl (C=O) groups is 2. The molecule has 0 bridgehead atoms. The van der Waals surface area contributed by atoms with Crippen molar-refractivity contribution in [2.45, 2.75) is 13.5 Å². The number of para-hydroxylation sites is 1. The van der Waals surface area contributed by atoms with Crippen molar-refractivity contribution in [2.24, 2.45) is 5.10 Å². The number of aryl methyl sites for hydroxylation is 1. The fourth-order valence-electron chi connectivity index (χ4n) is 4.56. The summed E-state index contributed by atoms with van der Waals surface area (Å²) in [5, 5.41) is 15.9. The molecular formula is C30H26N4O4. The fourth-order valence-corrected chi connectivity index (χ4v) is 4.56. The Morgan fingerprint density at radius 3 is 2.24 bits per heavy atom. The third-order valence-electron chi connectivity index (χ3n) is 6.53. The van der Waals surface area contributed by atoms with Crippen molar-refractivity contribution in [1.82, 2.24) is 9.58 Å². The van der Waals surface area contributed by atoms with Crippen LogP contribution in [0.25, 0.3) is 11.8 Å². The van der Waals surface area contributed by atoms with E-state index in [2.05, 4.69) is 5.10 Å². The highest BCUT2D eigenvalue weighted by Crippen LogP contribution is 2.19. The first kappa shape index (κ1) is 24.7. The van der Waals surface area contributed by atoms with Crippen LogP contribution < -0.4 is 21.2 Å². The van der Waals surface area contributed by atoms with Gasteiger partial charge in [0.25, 0.3) is 11.5 Å². The average Bonchev–Trinajstić information content (AvgIpc) is 3.21. The topological polar surface area (TPSA) is 95.2 Å². The Kier molecular flexibility index (Phi) is 6.38. The van der Waals surface area contributed by atoms with Crippen LogP contribution >= 0.6 is 0 Å². The van der Waals surface area contributed by atoms with Crippen LogP contribution in [0.1, 0.15) is 37.4 Å². The summed E-state index contributed by atoms with van der Waals surface area (Å²) in [6, 6.07) is 23.8. The number of fused-ring (bicyclic) bond motifs is 1. The number of aromatic carboxylic acids is 1. The highest BCUT2D eigenvalue weighted by Gasteiger charge is 2.33. The third-order valence-corrected chi connectivity index (χ3v) is 6.53. The van der Waals surface area contributed by atoms with Gasteiger partial charge in [0.15, 0.2) is 5.49 Å². The molecule has 8 nitrogen and oxygen atoms in total. The van der Waals surface area contributed by atoms with Gasteiger partial charge in [-0.25, -0.2) is 9.80 Å². The molecule has 1 aliphatic rings. The van der Waals surface area contributed by atoms with Crippen LogP contribution in [0.3, 0.4) is 0 Å². The third kappa shape index (κ3) is 4.37. The van der Waals surface area contributed by atoms with Crippen molar-refractivity contribution in [2.75, 3.05) is 19.0 Å². The van der Waals surface area contributed by atoms with E-state index in [9.17, 15) is 19.5 Å². The van der Waals surface area contributed by atoms with Crippen LogP contribution in [0.5, 0.6) is 0 Å². The Morgan fingerprint density at radius 1 is 0.974 bits per heavy atom. The van der Waals surface area contributed by atoms with E-state index in [-0.39, 0.29) is 28.4 Å². The maximum atomic E-state index is 14.0. The maximum Gasteiger partial charge on any atom is 0.337 e. The number of benzene rings is 3. The van der Waals surface area contributed by atoms with E-state index < -0.39 is 17.4 Å². The van der Waals surface area contributed by atoms with Crippen LogP contribution in [0.4, 0.5) is 5.69 Å². The number of amides is 1. The molecule has 5 rings (SSSR count). The van der Waals surface area contributed by atoms with Crippen molar-refractivity contribution in [1.29, 1.82) is 0 Å². The van der Waals surface area contributed by atoms with Gasteiger partial charge in [0.1, 0.15) is 5.56 Å². The summed E-state index contributed by atoms with van der Waals surface area (Å²) < 4.78 is 1.32.